The highest BCUT2D eigenvalue weighted by Crippen LogP contribution is 2.31. The summed E-state index contributed by atoms with van der Waals surface area (Å²) in [7, 11) is 0. The maximum absolute atomic E-state index is 9.35. The van der Waals surface area contributed by atoms with E-state index >= 15 is 0 Å². The quantitative estimate of drug-likeness (QED) is 0.673. The van der Waals surface area contributed by atoms with Crippen molar-refractivity contribution in [2.45, 2.75) is 26.3 Å². The predicted molar refractivity (Wildman–Crippen MR) is 92.4 cm³/mol. The summed E-state index contributed by atoms with van der Waals surface area (Å²) < 4.78 is 1.71. The average Bonchev–Trinajstić information content (AvgIpc) is 2.87. The number of benzene rings is 1. The van der Waals surface area contributed by atoms with Crippen molar-refractivity contribution in [3.63, 3.8) is 0 Å². The van der Waals surface area contributed by atoms with Crippen LogP contribution in [0.3, 0.4) is 0 Å². The number of aliphatic hydroxyl groups is 1. The Balaban J connectivity index is 2.04. The molecule has 1 atom stereocenters. The van der Waals surface area contributed by atoms with Gasteiger partial charge in [-0.1, -0.05) is 19.1 Å². The van der Waals surface area contributed by atoms with E-state index in [2.05, 4.69) is 15.4 Å². The number of nitrogens with one attached hydrogen (secondary N) is 1. The van der Waals surface area contributed by atoms with Gasteiger partial charge in [0, 0.05) is 24.1 Å². The van der Waals surface area contributed by atoms with Crippen LogP contribution in [0.25, 0.3) is 16.8 Å². The van der Waals surface area contributed by atoms with E-state index in [9.17, 15) is 5.11 Å². The first-order chi connectivity index (χ1) is 11.1. The first kappa shape index (κ1) is 15.3. The fourth-order valence-corrected chi connectivity index (χ4v) is 2.60. The molecule has 2 aromatic heterocycles. The van der Waals surface area contributed by atoms with Gasteiger partial charge in [0.05, 0.1) is 12.2 Å². The minimum Gasteiger partial charge on any atom is -0.394 e. The molecule has 3 rings (SSSR count). The van der Waals surface area contributed by atoms with E-state index in [1.54, 1.807) is 10.7 Å². The van der Waals surface area contributed by atoms with Crippen molar-refractivity contribution in [3.8, 4) is 11.1 Å². The van der Waals surface area contributed by atoms with Crippen molar-refractivity contribution < 1.29 is 5.11 Å². The molecule has 0 spiro atoms. The lowest BCUT2D eigenvalue weighted by Crippen LogP contribution is -2.22. The number of hydrogen-bond acceptors (Lipinski definition) is 5. The molecule has 0 saturated carbocycles. The van der Waals surface area contributed by atoms with Gasteiger partial charge in [0.1, 0.15) is 0 Å². The minimum absolute atomic E-state index is 0.0345. The number of aryl methyl sites for hydroxylation is 1. The predicted octanol–water partition coefficient (Wildman–Crippen LogP) is 2.47. The number of hydrogen-bond donors (Lipinski definition) is 3. The molecule has 120 valence electrons. The highest BCUT2D eigenvalue weighted by atomic mass is 16.3. The van der Waals surface area contributed by atoms with E-state index in [1.165, 1.54) is 0 Å². The molecule has 6 nitrogen and oxygen atoms in total. The van der Waals surface area contributed by atoms with Crippen LogP contribution in [0.5, 0.6) is 0 Å². The topological polar surface area (TPSA) is 88.5 Å². The van der Waals surface area contributed by atoms with Crippen LogP contribution in [0.2, 0.25) is 0 Å². The van der Waals surface area contributed by atoms with E-state index in [0.29, 0.717) is 5.82 Å². The molecule has 4 N–H and O–H groups in total. The van der Waals surface area contributed by atoms with Crippen LogP contribution in [0, 0.1) is 6.92 Å². The van der Waals surface area contributed by atoms with Crippen molar-refractivity contribution >= 4 is 17.2 Å². The van der Waals surface area contributed by atoms with E-state index in [-0.39, 0.29) is 12.6 Å². The molecule has 0 radical (unpaired) electrons. The normalized spacial score (nSPS) is 12.5. The molecule has 0 aliphatic carbocycles. The molecule has 23 heavy (non-hydrogen) atoms. The Morgan fingerprint density at radius 1 is 1.39 bits per heavy atom. The fraction of sp³-hybridized carbons (Fsp3) is 0.294. The number of aliphatic hydroxyl groups excluding tert-OH is 1. The Bertz CT molecular complexity index is 823. The summed E-state index contributed by atoms with van der Waals surface area (Å²) in [5, 5.41) is 17.0. The summed E-state index contributed by atoms with van der Waals surface area (Å²) in [5.74, 6) is 0.453. The number of rotatable bonds is 5. The lowest BCUT2D eigenvalue weighted by Gasteiger charge is -2.16. The largest absolute Gasteiger partial charge is 0.394 e. The molecule has 6 heteroatoms. The van der Waals surface area contributed by atoms with Gasteiger partial charge in [0.25, 0.3) is 0 Å². The summed E-state index contributed by atoms with van der Waals surface area (Å²) in [4.78, 5) is 4.46. The Kier molecular flexibility index (Phi) is 4.16. The summed E-state index contributed by atoms with van der Waals surface area (Å²) in [5.41, 5.74) is 10.6. The average molecular weight is 311 g/mol. The van der Waals surface area contributed by atoms with Gasteiger partial charge in [-0.25, -0.2) is 9.50 Å². The lowest BCUT2D eigenvalue weighted by molar-refractivity contribution is 0.272. The van der Waals surface area contributed by atoms with Gasteiger partial charge in [-0.15, -0.1) is 5.10 Å². The second-order valence-corrected chi connectivity index (χ2v) is 5.67. The van der Waals surface area contributed by atoms with Gasteiger partial charge in [0.15, 0.2) is 11.5 Å². The Hall–Kier alpha value is -2.60. The monoisotopic (exact) mass is 311 g/mol. The Morgan fingerprint density at radius 2 is 2.22 bits per heavy atom. The molecule has 2 heterocycles. The van der Waals surface area contributed by atoms with Gasteiger partial charge in [-0.05, 0) is 36.6 Å². The summed E-state index contributed by atoms with van der Waals surface area (Å²) in [6, 6.07) is 7.96. The van der Waals surface area contributed by atoms with Crippen LogP contribution in [0.4, 0.5) is 11.5 Å². The smallest absolute Gasteiger partial charge is 0.165 e. The van der Waals surface area contributed by atoms with Gasteiger partial charge in [0.2, 0.25) is 0 Å². The van der Waals surface area contributed by atoms with Crippen LogP contribution in [-0.4, -0.2) is 32.4 Å². The highest BCUT2D eigenvalue weighted by molar-refractivity contribution is 5.87. The molecule has 0 aliphatic heterocycles. The Morgan fingerprint density at radius 3 is 2.96 bits per heavy atom. The van der Waals surface area contributed by atoms with E-state index < -0.39 is 0 Å². The van der Waals surface area contributed by atoms with Crippen molar-refractivity contribution in [1.29, 1.82) is 0 Å². The van der Waals surface area contributed by atoms with Gasteiger partial charge < -0.3 is 16.2 Å². The van der Waals surface area contributed by atoms with Gasteiger partial charge in [-0.3, -0.25) is 0 Å². The SMILES string of the molecule is CCC(CO)Nc1cccc(-c2c(N)nn3cc(C)cnc23)c1. The minimum atomic E-state index is 0.0345. The first-order valence-corrected chi connectivity index (χ1v) is 7.70. The highest BCUT2D eigenvalue weighted by Gasteiger charge is 2.14. The second kappa shape index (κ2) is 6.26. The van der Waals surface area contributed by atoms with Crippen molar-refractivity contribution in [3.05, 3.63) is 42.2 Å². The molecule has 1 unspecified atom stereocenters. The molecule has 0 fully saturated rings. The van der Waals surface area contributed by atoms with Crippen LogP contribution in [0.1, 0.15) is 18.9 Å². The number of nitrogens with zero attached hydrogens (tertiary/aromatic N) is 3. The number of anilines is 2. The molecule has 3 aromatic rings. The maximum atomic E-state index is 9.35. The summed E-state index contributed by atoms with van der Waals surface area (Å²) in [6.45, 7) is 4.10. The number of aromatic nitrogens is 3. The van der Waals surface area contributed by atoms with Crippen molar-refractivity contribution in [1.82, 2.24) is 14.6 Å². The zero-order valence-corrected chi connectivity index (χ0v) is 13.3. The van der Waals surface area contributed by atoms with Crippen molar-refractivity contribution in [2.75, 3.05) is 17.7 Å². The van der Waals surface area contributed by atoms with Crippen LogP contribution in [-0.2, 0) is 0 Å². The maximum Gasteiger partial charge on any atom is 0.165 e. The standard InChI is InChI=1S/C17H21N5O/c1-3-13(10-23)20-14-6-4-5-12(7-14)15-16(18)21-22-9-11(2)8-19-17(15)22/h4-9,13,20,23H,3,10H2,1-2H3,(H2,18,21). The lowest BCUT2D eigenvalue weighted by atomic mass is 10.1. The summed E-state index contributed by atoms with van der Waals surface area (Å²) >= 11 is 0. The fourth-order valence-electron chi connectivity index (χ4n) is 2.60. The van der Waals surface area contributed by atoms with Crippen molar-refractivity contribution in [2.24, 2.45) is 0 Å². The molecular weight excluding hydrogens is 290 g/mol. The van der Waals surface area contributed by atoms with Crippen LogP contribution < -0.4 is 11.1 Å². The molecule has 0 amide bonds. The third kappa shape index (κ3) is 2.98. The third-order valence-corrected chi connectivity index (χ3v) is 3.86. The van der Waals surface area contributed by atoms with E-state index in [1.807, 2.05) is 44.3 Å². The molecule has 0 saturated heterocycles. The first-order valence-electron chi connectivity index (χ1n) is 7.70. The van der Waals surface area contributed by atoms with E-state index in [4.69, 9.17) is 5.73 Å². The molecular formula is C17H21N5O. The third-order valence-electron chi connectivity index (χ3n) is 3.86. The number of nitrogen functional groups attached to an aromatic ring is 1. The zero-order chi connectivity index (χ0) is 16.4. The number of fused-ring (bicyclic) bond motifs is 1. The molecule has 0 bridgehead atoms. The van der Waals surface area contributed by atoms with E-state index in [0.717, 1.165) is 34.4 Å². The Labute approximate surface area is 135 Å². The summed E-state index contributed by atoms with van der Waals surface area (Å²) in [6.07, 6.45) is 4.56. The molecule has 1 aromatic carbocycles. The molecule has 0 aliphatic rings. The van der Waals surface area contributed by atoms with Crippen LogP contribution >= 0.6 is 0 Å². The zero-order valence-electron chi connectivity index (χ0n) is 13.3. The van der Waals surface area contributed by atoms with Gasteiger partial charge in [-0.2, -0.15) is 0 Å². The van der Waals surface area contributed by atoms with Gasteiger partial charge >= 0.3 is 0 Å². The number of nitrogens with two attached hydrogens (primary N) is 1. The van der Waals surface area contributed by atoms with Crippen LogP contribution in [0.15, 0.2) is 36.7 Å². The second-order valence-electron chi connectivity index (χ2n) is 5.67.